The summed E-state index contributed by atoms with van der Waals surface area (Å²) in [6.07, 6.45) is 9.42. The highest BCUT2D eigenvalue weighted by Crippen LogP contribution is 2.52. The highest BCUT2D eigenvalue weighted by Gasteiger charge is 2.54. The smallest absolute Gasteiger partial charge is 0.338 e. The first-order chi connectivity index (χ1) is 30.4. The zero-order chi connectivity index (χ0) is 45.4. The van der Waals surface area contributed by atoms with Gasteiger partial charge in [0.05, 0.1) is 56.8 Å². The van der Waals surface area contributed by atoms with Crippen LogP contribution in [0.2, 0.25) is 0 Å². The van der Waals surface area contributed by atoms with Crippen LogP contribution in [0.4, 0.5) is 8.78 Å². The third-order valence-electron chi connectivity index (χ3n) is 14.0. The van der Waals surface area contributed by atoms with Crippen molar-refractivity contribution in [3.05, 3.63) is 129 Å². The maximum Gasteiger partial charge on any atom is 0.338 e. The van der Waals surface area contributed by atoms with Gasteiger partial charge in [0.25, 0.3) is 5.91 Å². The average Bonchev–Trinajstić information content (AvgIpc) is 3.51. The molecule has 0 spiro atoms. The third-order valence-corrected chi connectivity index (χ3v) is 14.0. The number of halogens is 2. The molecule has 0 radical (unpaired) electrons. The fraction of sp³-hybridized carbons (Fsp3) is 0.396. The Morgan fingerprint density at radius 3 is 2.39 bits per heavy atom. The zero-order valence-electron chi connectivity index (χ0n) is 37.3. The number of nitrogens with zero attached hydrogens (tertiary/aromatic N) is 9. The molecular weight excluding hydrogens is 819 g/mol. The minimum absolute atomic E-state index is 0.0412. The maximum absolute atomic E-state index is 16.2. The summed E-state index contributed by atoms with van der Waals surface area (Å²) in [4.78, 5) is 32.1. The Morgan fingerprint density at radius 2 is 1.70 bits per heavy atom. The Balaban J connectivity index is 1.14. The monoisotopic (exact) mass is 870 g/mol. The summed E-state index contributed by atoms with van der Waals surface area (Å²) in [6.45, 7) is 14.4. The van der Waals surface area contributed by atoms with Gasteiger partial charge in [0, 0.05) is 61.0 Å². The van der Waals surface area contributed by atoms with Crippen LogP contribution in [0.1, 0.15) is 116 Å². The molecule has 0 bridgehead atoms. The maximum atomic E-state index is 16.2. The Bertz CT molecular complexity index is 3150. The van der Waals surface area contributed by atoms with Gasteiger partial charge in [-0.3, -0.25) is 18.6 Å². The van der Waals surface area contributed by atoms with Gasteiger partial charge in [0.1, 0.15) is 11.6 Å². The van der Waals surface area contributed by atoms with Crippen molar-refractivity contribution in [2.45, 2.75) is 103 Å². The molecule has 64 heavy (non-hydrogen) atoms. The Morgan fingerprint density at radius 1 is 0.984 bits per heavy atom. The third kappa shape index (κ3) is 6.15. The minimum Gasteiger partial charge on any atom is -0.409 e. The fourth-order valence-electron chi connectivity index (χ4n) is 10.5. The van der Waals surface area contributed by atoms with Crippen molar-refractivity contribution in [2.75, 3.05) is 13.2 Å². The largest absolute Gasteiger partial charge is 0.409 e. The van der Waals surface area contributed by atoms with Crippen LogP contribution in [-0.2, 0) is 22.6 Å². The molecular formula is C48H52F2N10O4. The number of amidine groups is 1. The lowest BCUT2D eigenvalue weighted by molar-refractivity contribution is -0.0593. The summed E-state index contributed by atoms with van der Waals surface area (Å²) in [5, 5.41) is 23.2. The van der Waals surface area contributed by atoms with Gasteiger partial charge in [0.15, 0.2) is 11.7 Å². The van der Waals surface area contributed by atoms with Crippen LogP contribution in [-0.4, -0.2) is 73.7 Å². The zero-order valence-corrected chi connectivity index (χ0v) is 37.3. The molecule has 16 heteroatoms. The second kappa shape index (κ2) is 14.2. The molecule has 14 nitrogen and oxygen atoms in total. The quantitative estimate of drug-likeness (QED) is 0.0717. The molecule has 1 amide bonds. The first-order valence-corrected chi connectivity index (χ1v) is 21.8. The number of amides is 1. The molecule has 3 aliphatic rings. The van der Waals surface area contributed by atoms with E-state index in [1.807, 2.05) is 37.4 Å². The molecule has 1 aliphatic carbocycles. The highest BCUT2D eigenvalue weighted by atomic mass is 19.1. The Labute approximate surface area is 368 Å². The predicted octanol–water partition coefficient (Wildman–Crippen LogP) is 7.79. The molecule has 332 valence electrons. The number of nitrogens with two attached hydrogens (primary N) is 1. The molecule has 0 unspecified atom stereocenters. The first kappa shape index (κ1) is 41.5. The van der Waals surface area contributed by atoms with Gasteiger partial charge in [-0.05, 0) is 125 Å². The second-order valence-corrected chi connectivity index (χ2v) is 19.3. The minimum atomic E-state index is -0.854. The summed E-state index contributed by atoms with van der Waals surface area (Å²) >= 11 is 0. The number of fused-ring (bicyclic) bond motifs is 3. The molecule has 1 saturated heterocycles. The van der Waals surface area contributed by atoms with Crippen molar-refractivity contribution in [2.24, 2.45) is 17.9 Å². The number of imidazole rings is 1. The number of benzene rings is 2. The van der Waals surface area contributed by atoms with E-state index >= 15 is 13.6 Å². The molecule has 2 aromatic carbocycles. The summed E-state index contributed by atoms with van der Waals surface area (Å²) < 4.78 is 45.2. The second-order valence-electron chi connectivity index (χ2n) is 19.3. The lowest BCUT2D eigenvalue weighted by atomic mass is 9.80. The van der Waals surface area contributed by atoms with Crippen molar-refractivity contribution in [1.29, 1.82) is 0 Å². The van der Waals surface area contributed by atoms with Crippen LogP contribution in [0.5, 0.6) is 0 Å². The molecule has 7 heterocycles. The number of rotatable bonds is 7. The van der Waals surface area contributed by atoms with Gasteiger partial charge in [-0.2, -0.15) is 10.2 Å². The van der Waals surface area contributed by atoms with E-state index in [9.17, 15) is 10.0 Å². The van der Waals surface area contributed by atoms with Crippen LogP contribution in [0.3, 0.4) is 0 Å². The van der Waals surface area contributed by atoms with Gasteiger partial charge in [-0.1, -0.05) is 19.0 Å². The number of aromatic nitrogens is 7. The van der Waals surface area contributed by atoms with E-state index in [4.69, 9.17) is 15.6 Å². The summed E-state index contributed by atoms with van der Waals surface area (Å²) in [5.41, 5.74) is 10.3. The lowest BCUT2D eigenvalue weighted by Gasteiger charge is -2.42. The number of aryl methyl sites for hydroxylation is 3. The van der Waals surface area contributed by atoms with Gasteiger partial charge >= 0.3 is 5.69 Å². The summed E-state index contributed by atoms with van der Waals surface area (Å²) in [5.74, 6) is -0.564. The molecule has 2 atom stereocenters. The number of ether oxygens (including phenoxy) is 1. The van der Waals surface area contributed by atoms with Crippen LogP contribution < -0.4 is 11.4 Å². The standard InChI is InChI=1S/C48H52F2N10O4/c1-26-19-32(20-27(2)38(26)49)60-42(58-17-16-57(45(58)62)36-10-9-35-34(39(36)50)24-52-55(35)8)37-28(3)59(25-46(4,5)40(37)53-60)43(61)33-22-31-21-29(30-12-18-64-47(6,7)23-30)11-15-56(31)41(33)48(13-14-48)44(51)54-63/h9-11,15-17,19-22,24,28,30,63H,12-14,18,23,25H2,1-8H3,(H2,51,54)/t28-,30-/m0/s1. The fourth-order valence-corrected chi connectivity index (χ4v) is 10.5. The van der Waals surface area contributed by atoms with Crippen molar-refractivity contribution < 1.29 is 23.5 Å². The van der Waals surface area contributed by atoms with E-state index in [1.54, 1.807) is 65.6 Å². The molecule has 2 aliphatic heterocycles. The Kier molecular flexibility index (Phi) is 9.22. The summed E-state index contributed by atoms with van der Waals surface area (Å²) in [6, 6.07) is 12.1. The summed E-state index contributed by atoms with van der Waals surface area (Å²) in [7, 11) is 1.72. The molecule has 3 N–H and O–H groups in total. The van der Waals surface area contributed by atoms with Gasteiger partial charge in [0.2, 0.25) is 0 Å². The van der Waals surface area contributed by atoms with Crippen LogP contribution in [0, 0.1) is 25.5 Å². The van der Waals surface area contributed by atoms with Crippen LogP contribution in [0.25, 0.3) is 33.6 Å². The van der Waals surface area contributed by atoms with Crippen LogP contribution in [0.15, 0.2) is 77.2 Å². The molecule has 10 rings (SSSR count). The topological polar surface area (TPSA) is 155 Å². The molecule has 2 fully saturated rings. The van der Waals surface area contributed by atoms with E-state index < -0.39 is 28.4 Å². The number of pyridine rings is 1. The molecule has 1 saturated carbocycles. The number of carbonyl (C=O) groups is 1. The van der Waals surface area contributed by atoms with E-state index in [1.165, 1.54) is 21.5 Å². The number of hydrogen-bond acceptors (Lipinski definition) is 7. The van der Waals surface area contributed by atoms with Gasteiger partial charge in [-0.15, -0.1) is 0 Å². The van der Waals surface area contributed by atoms with Crippen molar-refractivity contribution in [1.82, 2.24) is 38.0 Å². The Hall–Kier alpha value is -6.55. The number of carbonyl (C=O) groups excluding carboxylic acids is 1. The van der Waals surface area contributed by atoms with Crippen molar-refractivity contribution in [3.8, 4) is 17.2 Å². The van der Waals surface area contributed by atoms with Gasteiger partial charge in [-0.25, -0.2) is 18.3 Å². The molecule has 7 aromatic rings. The van der Waals surface area contributed by atoms with Crippen LogP contribution >= 0.6 is 0 Å². The van der Waals surface area contributed by atoms with E-state index in [0.717, 1.165) is 23.9 Å². The normalized spacial score (nSPS) is 20.3. The van der Waals surface area contributed by atoms with Gasteiger partial charge < -0.3 is 25.0 Å². The average molecular weight is 871 g/mol. The van der Waals surface area contributed by atoms with E-state index in [-0.39, 0.29) is 46.7 Å². The van der Waals surface area contributed by atoms with Crippen molar-refractivity contribution >= 4 is 28.2 Å². The predicted molar refractivity (Wildman–Crippen MR) is 238 cm³/mol. The van der Waals surface area contributed by atoms with E-state index in [0.29, 0.717) is 70.1 Å². The number of hydrogen-bond donors (Lipinski definition) is 2. The highest BCUT2D eigenvalue weighted by molar-refractivity contribution is 6.03. The SMILES string of the molecule is Cc1cc(-n2nc3c(c2-n2ccn(-c4ccc5c(cnn5C)c4F)c2=O)[C@H](C)N(C(=O)c2cc4cc([C@H]5CCOC(C)(C)C5)ccn4c2C2(/C(N)=N/O)CC2)CC3(C)C)cc(C)c1F. The first-order valence-electron chi connectivity index (χ1n) is 21.8. The lowest BCUT2D eigenvalue weighted by Crippen LogP contribution is -2.47. The van der Waals surface area contributed by atoms with E-state index in [2.05, 4.69) is 36.2 Å². The number of oxime groups is 1. The molecule has 5 aromatic heterocycles. The van der Waals surface area contributed by atoms with Crippen molar-refractivity contribution in [3.63, 3.8) is 0 Å².